The molecule has 0 aliphatic carbocycles. The first-order valence-electron chi connectivity index (χ1n) is 8.00. The molecule has 1 heterocycles. The molecule has 120 valence electrons. The van der Waals surface area contributed by atoms with Crippen LogP contribution < -0.4 is 0 Å². The summed E-state index contributed by atoms with van der Waals surface area (Å²) in [6.07, 6.45) is 1.62. The van der Waals surface area contributed by atoms with E-state index in [0.29, 0.717) is 11.0 Å². The number of carbonyl (C=O) groups excluding carboxylic acids is 1. The number of fused-ring (bicyclic) bond motifs is 1. The number of carbonyl (C=O) groups is 1. The fraction of sp³-hybridized carbons (Fsp3) is 0. The van der Waals surface area contributed by atoms with Crippen LogP contribution in [0.5, 0.6) is 0 Å². The molecule has 0 aliphatic rings. The maximum atomic E-state index is 12.9. The number of hydrogen-bond donors (Lipinski definition) is 0. The van der Waals surface area contributed by atoms with E-state index in [2.05, 4.69) is 10.3 Å². The molecule has 0 amide bonds. The van der Waals surface area contributed by atoms with E-state index in [1.165, 1.54) is 4.68 Å². The highest BCUT2D eigenvalue weighted by molar-refractivity contribution is 6.03. The van der Waals surface area contributed by atoms with Gasteiger partial charge in [0.15, 0.2) is 0 Å². The SMILES string of the molecule is O=C(C=C(c1ccccc1)c1ccccc1)n1nnc2ccccc21. The van der Waals surface area contributed by atoms with Crippen LogP contribution in [0.15, 0.2) is 91.0 Å². The summed E-state index contributed by atoms with van der Waals surface area (Å²) in [6, 6.07) is 27.1. The molecule has 4 aromatic rings. The third-order valence-electron chi connectivity index (χ3n) is 4.00. The van der Waals surface area contributed by atoms with Crippen LogP contribution in [-0.2, 0) is 0 Å². The number of benzene rings is 3. The van der Waals surface area contributed by atoms with Gasteiger partial charge in [-0.15, -0.1) is 5.10 Å². The molecule has 0 saturated heterocycles. The summed E-state index contributed by atoms with van der Waals surface area (Å²) in [6.45, 7) is 0. The molecule has 3 aromatic carbocycles. The zero-order chi connectivity index (χ0) is 17.1. The Morgan fingerprint density at radius 1 is 0.760 bits per heavy atom. The molecule has 0 spiro atoms. The largest absolute Gasteiger partial charge is 0.273 e. The average molecular weight is 325 g/mol. The molecule has 1 aromatic heterocycles. The predicted octanol–water partition coefficient (Wildman–Crippen LogP) is 4.20. The van der Waals surface area contributed by atoms with E-state index in [-0.39, 0.29) is 5.91 Å². The molecule has 0 unspecified atom stereocenters. The van der Waals surface area contributed by atoms with Gasteiger partial charge in [-0.3, -0.25) is 4.79 Å². The van der Waals surface area contributed by atoms with Crippen molar-refractivity contribution in [3.8, 4) is 0 Å². The Balaban J connectivity index is 1.83. The molecule has 0 bridgehead atoms. The molecular formula is C21H15N3O. The van der Waals surface area contributed by atoms with Gasteiger partial charge in [-0.1, -0.05) is 78.0 Å². The lowest BCUT2D eigenvalue weighted by atomic mass is 9.97. The number of hydrogen-bond acceptors (Lipinski definition) is 3. The van der Waals surface area contributed by atoms with Gasteiger partial charge in [0, 0.05) is 6.08 Å². The lowest BCUT2D eigenvalue weighted by Crippen LogP contribution is -2.10. The van der Waals surface area contributed by atoms with Crippen molar-refractivity contribution in [2.45, 2.75) is 0 Å². The molecule has 4 heteroatoms. The van der Waals surface area contributed by atoms with E-state index < -0.39 is 0 Å². The molecule has 0 fully saturated rings. The Morgan fingerprint density at radius 2 is 1.32 bits per heavy atom. The van der Waals surface area contributed by atoms with Crippen LogP contribution in [0, 0.1) is 0 Å². The highest BCUT2D eigenvalue weighted by atomic mass is 16.2. The third-order valence-corrected chi connectivity index (χ3v) is 4.00. The summed E-state index contributed by atoms with van der Waals surface area (Å²) < 4.78 is 1.33. The molecule has 25 heavy (non-hydrogen) atoms. The van der Waals surface area contributed by atoms with Gasteiger partial charge in [0.1, 0.15) is 5.52 Å². The van der Waals surface area contributed by atoms with Crippen LogP contribution in [0.25, 0.3) is 16.6 Å². The van der Waals surface area contributed by atoms with Gasteiger partial charge in [-0.05, 0) is 28.8 Å². The summed E-state index contributed by atoms with van der Waals surface area (Å²) >= 11 is 0. The second kappa shape index (κ2) is 6.53. The lowest BCUT2D eigenvalue weighted by molar-refractivity contribution is 0.0958. The standard InChI is InChI=1S/C21H15N3O/c25-21(24-20-14-8-7-13-19(20)22-23-24)15-18(16-9-3-1-4-10-16)17-11-5-2-6-12-17/h1-15H. The van der Waals surface area contributed by atoms with Crippen molar-refractivity contribution >= 4 is 22.5 Å². The van der Waals surface area contributed by atoms with Crippen LogP contribution in [-0.4, -0.2) is 20.9 Å². The van der Waals surface area contributed by atoms with Crippen LogP contribution in [0.1, 0.15) is 15.9 Å². The van der Waals surface area contributed by atoms with Crippen molar-refractivity contribution < 1.29 is 4.79 Å². The Kier molecular flexibility index (Phi) is 3.92. The Morgan fingerprint density at radius 3 is 1.96 bits per heavy atom. The summed E-state index contributed by atoms with van der Waals surface area (Å²) in [5.41, 5.74) is 4.21. The zero-order valence-corrected chi connectivity index (χ0v) is 13.4. The summed E-state index contributed by atoms with van der Waals surface area (Å²) in [5, 5.41) is 8.06. The minimum absolute atomic E-state index is 0.226. The minimum Gasteiger partial charge on any atom is -0.267 e. The van der Waals surface area contributed by atoms with Gasteiger partial charge in [0.2, 0.25) is 0 Å². The number of aromatic nitrogens is 3. The molecule has 0 aliphatic heterocycles. The van der Waals surface area contributed by atoms with Gasteiger partial charge >= 0.3 is 0 Å². The Hall–Kier alpha value is -3.53. The third kappa shape index (κ3) is 2.97. The van der Waals surface area contributed by atoms with E-state index >= 15 is 0 Å². The number of rotatable bonds is 3. The molecule has 0 radical (unpaired) electrons. The molecule has 0 N–H and O–H groups in total. The molecular weight excluding hydrogens is 310 g/mol. The normalized spacial score (nSPS) is 10.6. The first-order valence-corrected chi connectivity index (χ1v) is 8.00. The van der Waals surface area contributed by atoms with Crippen LogP contribution in [0.2, 0.25) is 0 Å². The van der Waals surface area contributed by atoms with Gasteiger partial charge in [-0.2, -0.15) is 4.68 Å². The fourth-order valence-corrected chi connectivity index (χ4v) is 2.79. The second-order valence-corrected chi connectivity index (χ2v) is 5.62. The van der Waals surface area contributed by atoms with E-state index in [0.717, 1.165) is 16.7 Å². The van der Waals surface area contributed by atoms with Crippen LogP contribution in [0.3, 0.4) is 0 Å². The topological polar surface area (TPSA) is 47.8 Å². The van der Waals surface area contributed by atoms with Gasteiger partial charge in [0.25, 0.3) is 5.91 Å². The number of nitrogens with zero attached hydrogens (tertiary/aromatic N) is 3. The van der Waals surface area contributed by atoms with Crippen molar-refractivity contribution in [3.63, 3.8) is 0 Å². The van der Waals surface area contributed by atoms with Crippen molar-refractivity contribution in [3.05, 3.63) is 102 Å². The first kappa shape index (κ1) is 15.0. The number of para-hydroxylation sites is 1. The fourth-order valence-electron chi connectivity index (χ4n) is 2.79. The van der Waals surface area contributed by atoms with Gasteiger partial charge < -0.3 is 0 Å². The Bertz CT molecular complexity index is 1010. The molecule has 4 rings (SSSR count). The lowest BCUT2D eigenvalue weighted by Gasteiger charge is -2.08. The Labute approximate surface area is 145 Å². The summed E-state index contributed by atoms with van der Waals surface area (Å²) in [5.74, 6) is -0.226. The van der Waals surface area contributed by atoms with Gasteiger partial charge in [0.05, 0.1) is 5.52 Å². The number of allylic oxidation sites excluding steroid dienone is 1. The maximum Gasteiger partial charge on any atom is 0.273 e. The van der Waals surface area contributed by atoms with Crippen LogP contribution in [0.4, 0.5) is 0 Å². The predicted molar refractivity (Wildman–Crippen MR) is 98.1 cm³/mol. The smallest absolute Gasteiger partial charge is 0.267 e. The minimum atomic E-state index is -0.226. The van der Waals surface area contributed by atoms with E-state index in [1.807, 2.05) is 84.9 Å². The molecule has 4 nitrogen and oxygen atoms in total. The maximum absolute atomic E-state index is 12.9. The summed E-state index contributed by atoms with van der Waals surface area (Å²) in [7, 11) is 0. The average Bonchev–Trinajstić information content (AvgIpc) is 3.11. The second-order valence-electron chi connectivity index (χ2n) is 5.62. The quantitative estimate of drug-likeness (QED) is 0.530. The van der Waals surface area contributed by atoms with E-state index in [9.17, 15) is 4.79 Å². The summed E-state index contributed by atoms with van der Waals surface area (Å²) in [4.78, 5) is 12.9. The van der Waals surface area contributed by atoms with E-state index in [4.69, 9.17) is 0 Å². The first-order chi connectivity index (χ1) is 12.3. The highest BCUT2D eigenvalue weighted by Crippen LogP contribution is 2.23. The van der Waals surface area contributed by atoms with E-state index in [1.54, 1.807) is 6.08 Å². The molecule has 0 atom stereocenters. The van der Waals surface area contributed by atoms with Crippen molar-refractivity contribution in [2.24, 2.45) is 0 Å². The van der Waals surface area contributed by atoms with Crippen molar-refractivity contribution in [1.82, 2.24) is 15.0 Å². The monoisotopic (exact) mass is 325 g/mol. The van der Waals surface area contributed by atoms with Crippen molar-refractivity contribution in [1.29, 1.82) is 0 Å². The van der Waals surface area contributed by atoms with Crippen molar-refractivity contribution in [2.75, 3.05) is 0 Å². The van der Waals surface area contributed by atoms with Gasteiger partial charge in [-0.25, -0.2) is 0 Å². The highest BCUT2D eigenvalue weighted by Gasteiger charge is 2.12. The zero-order valence-electron chi connectivity index (χ0n) is 13.4. The molecule has 0 saturated carbocycles. The van der Waals surface area contributed by atoms with Crippen LogP contribution >= 0.6 is 0 Å².